The molecular formula is C6H12N2O. The Morgan fingerprint density at radius 3 is 2.78 bits per heavy atom. The van der Waals surface area contributed by atoms with E-state index in [1.54, 1.807) is 0 Å². The fourth-order valence-electron chi connectivity index (χ4n) is 1.07. The first-order chi connectivity index (χ1) is 4.25. The van der Waals surface area contributed by atoms with Gasteiger partial charge in [-0.3, -0.25) is 4.79 Å². The van der Waals surface area contributed by atoms with E-state index in [0.717, 1.165) is 6.54 Å². The number of nitrogens with one attached hydrogen (secondary N) is 1. The lowest BCUT2D eigenvalue weighted by atomic mass is 10.1. The van der Waals surface area contributed by atoms with Crippen LogP contribution in [0.2, 0.25) is 0 Å². The Labute approximate surface area is 54.6 Å². The summed E-state index contributed by atoms with van der Waals surface area (Å²) in [5.41, 5.74) is 5.33. The van der Waals surface area contributed by atoms with Crippen LogP contribution < -0.4 is 11.1 Å². The molecule has 2 atom stereocenters. The van der Waals surface area contributed by atoms with Gasteiger partial charge < -0.3 is 11.1 Å². The van der Waals surface area contributed by atoms with Crippen molar-refractivity contribution in [3.63, 3.8) is 0 Å². The SMILES string of the molecule is CC1NCC(CN)C1=O. The largest absolute Gasteiger partial charge is 0.330 e. The molecule has 3 nitrogen and oxygen atoms in total. The first-order valence-corrected chi connectivity index (χ1v) is 3.23. The van der Waals surface area contributed by atoms with E-state index in [4.69, 9.17) is 5.73 Å². The van der Waals surface area contributed by atoms with Crippen molar-refractivity contribution in [2.75, 3.05) is 13.1 Å². The van der Waals surface area contributed by atoms with Crippen LogP contribution in [0.5, 0.6) is 0 Å². The number of carbonyl (C=O) groups excluding carboxylic acids is 1. The Morgan fingerprint density at radius 2 is 2.56 bits per heavy atom. The minimum atomic E-state index is 0.0264. The van der Waals surface area contributed by atoms with Gasteiger partial charge in [-0.05, 0) is 6.92 Å². The molecule has 1 heterocycles. The van der Waals surface area contributed by atoms with Crippen LogP contribution in [0.15, 0.2) is 0 Å². The smallest absolute Gasteiger partial charge is 0.155 e. The van der Waals surface area contributed by atoms with Gasteiger partial charge in [0, 0.05) is 19.0 Å². The lowest BCUT2D eigenvalue weighted by Crippen LogP contribution is -2.25. The third kappa shape index (κ3) is 1.11. The third-order valence-corrected chi connectivity index (χ3v) is 1.78. The summed E-state index contributed by atoms with van der Waals surface area (Å²) in [5, 5.41) is 3.04. The average molecular weight is 128 g/mol. The van der Waals surface area contributed by atoms with E-state index in [-0.39, 0.29) is 17.7 Å². The molecule has 0 radical (unpaired) electrons. The molecule has 1 fully saturated rings. The van der Waals surface area contributed by atoms with Gasteiger partial charge in [0.2, 0.25) is 0 Å². The molecule has 0 aromatic heterocycles. The van der Waals surface area contributed by atoms with Crippen LogP contribution in [0, 0.1) is 5.92 Å². The van der Waals surface area contributed by atoms with Crippen LogP contribution in [0.4, 0.5) is 0 Å². The van der Waals surface area contributed by atoms with Gasteiger partial charge in [0.1, 0.15) is 0 Å². The molecule has 0 saturated carbocycles. The normalized spacial score (nSPS) is 35.6. The van der Waals surface area contributed by atoms with Crippen LogP contribution in [0.1, 0.15) is 6.92 Å². The fraction of sp³-hybridized carbons (Fsp3) is 0.833. The molecule has 3 N–H and O–H groups in total. The van der Waals surface area contributed by atoms with Crippen molar-refractivity contribution >= 4 is 5.78 Å². The van der Waals surface area contributed by atoms with E-state index in [0.29, 0.717) is 6.54 Å². The molecule has 1 rings (SSSR count). The van der Waals surface area contributed by atoms with Gasteiger partial charge in [0.05, 0.1) is 6.04 Å². The highest BCUT2D eigenvalue weighted by Crippen LogP contribution is 2.06. The maximum Gasteiger partial charge on any atom is 0.155 e. The second kappa shape index (κ2) is 2.45. The quantitative estimate of drug-likeness (QED) is 0.482. The summed E-state index contributed by atoms with van der Waals surface area (Å²) in [6.07, 6.45) is 0. The van der Waals surface area contributed by atoms with E-state index >= 15 is 0 Å². The molecule has 1 aliphatic rings. The van der Waals surface area contributed by atoms with Crippen molar-refractivity contribution in [2.24, 2.45) is 11.7 Å². The van der Waals surface area contributed by atoms with E-state index in [1.807, 2.05) is 6.92 Å². The summed E-state index contributed by atoms with van der Waals surface area (Å²) in [7, 11) is 0. The second-order valence-corrected chi connectivity index (χ2v) is 2.46. The first-order valence-electron chi connectivity index (χ1n) is 3.23. The van der Waals surface area contributed by atoms with Crippen LogP contribution in [0.3, 0.4) is 0 Å². The zero-order valence-electron chi connectivity index (χ0n) is 5.55. The maximum absolute atomic E-state index is 11.0. The second-order valence-electron chi connectivity index (χ2n) is 2.46. The number of carbonyl (C=O) groups is 1. The van der Waals surface area contributed by atoms with Crippen LogP contribution in [0.25, 0.3) is 0 Å². The number of rotatable bonds is 1. The molecule has 0 aromatic carbocycles. The summed E-state index contributed by atoms with van der Waals surface area (Å²) in [5.74, 6) is 0.331. The molecule has 0 bridgehead atoms. The van der Waals surface area contributed by atoms with Gasteiger partial charge in [0.25, 0.3) is 0 Å². The Hall–Kier alpha value is -0.410. The van der Waals surface area contributed by atoms with Gasteiger partial charge in [-0.1, -0.05) is 0 Å². The molecule has 0 aromatic rings. The molecule has 52 valence electrons. The predicted molar refractivity (Wildman–Crippen MR) is 35.0 cm³/mol. The van der Waals surface area contributed by atoms with E-state index in [1.165, 1.54) is 0 Å². The van der Waals surface area contributed by atoms with Crippen molar-refractivity contribution < 1.29 is 4.79 Å². The number of nitrogens with two attached hydrogens (primary N) is 1. The molecule has 0 aliphatic carbocycles. The van der Waals surface area contributed by atoms with E-state index in [2.05, 4.69) is 5.32 Å². The lowest BCUT2D eigenvalue weighted by Gasteiger charge is -2.00. The number of ketones is 1. The number of hydrogen-bond acceptors (Lipinski definition) is 3. The standard InChI is InChI=1S/C6H12N2O/c1-4-6(9)5(2-7)3-8-4/h4-5,8H,2-3,7H2,1H3. The van der Waals surface area contributed by atoms with Crippen LogP contribution >= 0.6 is 0 Å². The van der Waals surface area contributed by atoms with Crippen molar-refractivity contribution in [2.45, 2.75) is 13.0 Å². The first kappa shape index (κ1) is 6.71. The molecule has 2 unspecified atom stereocenters. The summed E-state index contributed by atoms with van der Waals surface area (Å²) in [6.45, 7) is 3.12. The molecule has 1 saturated heterocycles. The summed E-state index contributed by atoms with van der Waals surface area (Å²) in [6, 6.07) is 0.0264. The van der Waals surface area contributed by atoms with Gasteiger partial charge >= 0.3 is 0 Å². The molecule has 3 heteroatoms. The molecule has 0 spiro atoms. The summed E-state index contributed by atoms with van der Waals surface area (Å²) >= 11 is 0. The highest BCUT2D eigenvalue weighted by molar-refractivity contribution is 5.88. The van der Waals surface area contributed by atoms with Crippen molar-refractivity contribution in [1.29, 1.82) is 0 Å². The highest BCUT2D eigenvalue weighted by atomic mass is 16.1. The maximum atomic E-state index is 11.0. The Balaban J connectivity index is 2.51. The zero-order valence-corrected chi connectivity index (χ0v) is 5.55. The summed E-state index contributed by atoms with van der Waals surface area (Å²) < 4.78 is 0. The van der Waals surface area contributed by atoms with Gasteiger partial charge in [-0.25, -0.2) is 0 Å². The minimum absolute atomic E-state index is 0.0264. The monoisotopic (exact) mass is 128 g/mol. The van der Waals surface area contributed by atoms with Crippen LogP contribution in [-0.4, -0.2) is 24.9 Å². The van der Waals surface area contributed by atoms with Crippen molar-refractivity contribution in [3.8, 4) is 0 Å². The Morgan fingerprint density at radius 1 is 1.89 bits per heavy atom. The molecular weight excluding hydrogens is 116 g/mol. The molecule has 9 heavy (non-hydrogen) atoms. The molecule has 0 amide bonds. The topological polar surface area (TPSA) is 55.1 Å². The lowest BCUT2D eigenvalue weighted by molar-refractivity contribution is -0.121. The van der Waals surface area contributed by atoms with E-state index < -0.39 is 0 Å². The predicted octanol–water partition coefficient (Wildman–Crippen LogP) is -0.878. The molecule has 1 aliphatic heterocycles. The zero-order chi connectivity index (χ0) is 6.85. The summed E-state index contributed by atoms with van der Waals surface area (Å²) in [4.78, 5) is 11.0. The fourth-order valence-corrected chi connectivity index (χ4v) is 1.07. The Kier molecular flexibility index (Phi) is 1.83. The van der Waals surface area contributed by atoms with Gasteiger partial charge in [-0.2, -0.15) is 0 Å². The van der Waals surface area contributed by atoms with Crippen molar-refractivity contribution in [3.05, 3.63) is 0 Å². The van der Waals surface area contributed by atoms with Gasteiger partial charge in [-0.15, -0.1) is 0 Å². The third-order valence-electron chi connectivity index (χ3n) is 1.78. The number of Topliss-reactive ketones (excluding diaryl/α,β-unsaturated/α-hetero) is 1. The number of hydrogen-bond donors (Lipinski definition) is 2. The van der Waals surface area contributed by atoms with Crippen LogP contribution in [-0.2, 0) is 4.79 Å². The van der Waals surface area contributed by atoms with Crippen molar-refractivity contribution in [1.82, 2.24) is 5.32 Å². The van der Waals surface area contributed by atoms with Gasteiger partial charge in [0.15, 0.2) is 5.78 Å². The average Bonchev–Trinajstić information content (AvgIpc) is 2.15. The van der Waals surface area contributed by atoms with E-state index in [9.17, 15) is 4.79 Å². The highest BCUT2D eigenvalue weighted by Gasteiger charge is 2.28. The Bertz CT molecular complexity index is 124. The minimum Gasteiger partial charge on any atom is -0.330 e.